The smallest absolute Gasteiger partial charge is 0.328 e. The highest BCUT2D eigenvalue weighted by Crippen LogP contribution is 2.13. The van der Waals surface area contributed by atoms with Crippen LogP contribution in [0.25, 0.3) is 0 Å². The van der Waals surface area contributed by atoms with Gasteiger partial charge in [0.2, 0.25) is 5.88 Å². The van der Waals surface area contributed by atoms with Gasteiger partial charge in [0.05, 0.1) is 12.0 Å². The fourth-order valence-corrected chi connectivity index (χ4v) is 2.44. The maximum absolute atomic E-state index is 11.7. The van der Waals surface area contributed by atoms with E-state index in [1.807, 2.05) is 29.9 Å². The van der Waals surface area contributed by atoms with Crippen LogP contribution in [-0.4, -0.2) is 42.9 Å². The van der Waals surface area contributed by atoms with Gasteiger partial charge < -0.3 is 5.11 Å². The third-order valence-corrected chi connectivity index (χ3v) is 3.48. The number of amides is 1. The van der Waals surface area contributed by atoms with Crippen molar-refractivity contribution in [3.63, 3.8) is 0 Å². The van der Waals surface area contributed by atoms with Gasteiger partial charge in [0.1, 0.15) is 5.56 Å². The van der Waals surface area contributed by atoms with Crippen LogP contribution in [0.5, 0.6) is 5.88 Å². The number of rotatable bonds is 5. The van der Waals surface area contributed by atoms with Crippen molar-refractivity contribution in [2.75, 3.05) is 5.75 Å². The summed E-state index contributed by atoms with van der Waals surface area (Å²) in [5, 5.41) is 13.5. The fraction of sp³-hybridized carbons (Fsp3) is 0.231. The van der Waals surface area contributed by atoms with Crippen LogP contribution >= 0.6 is 11.8 Å². The summed E-state index contributed by atoms with van der Waals surface area (Å²) in [6, 6.07) is 1.82. The molecule has 126 valence electrons. The highest BCUT2D eigenvalue weighted by atomic mass is 32.2. The highest BCUT2D eigenvalue weighted by Gasteiger charge is 2.07. The molecule has 11 heteroatoms. The van der Waals surface area contributed by atoms with Crippen molar-refractivity contribution in [1.82, 2.24) is 25.4 Å². The first-order valence-electron chi connectivity index (χ1n) is 6.67. The standard InChI is InChI=1S/C13H14N6O4S/c1-6-3-7(2)16-13(15-6)24-5-9(20)19-14-4-8-10(21)17-12(23)18-11(8)22/h3-4H,5H2,1-2H3,(H,19,20)(H3,17,18,21,22,23). The molecule has 0 aliphatic rings. The van der Waals surface area contributed by atoms with Crippen molar-refractivity contribution in [2.45, 2.75) is 19.0 Å². The molecule has 0 saturated carbocycles. The van der Waals surface area contributed by atoms with Gasteiger partial charge in [-0.2, -0.15) is 5.10 Å². The highest BCUT2D eigenvalue weighted by molar-refractivity contribution is 7.99. The Labute approximate surface area is 139 Å². The number of carbonyl (C=O) groups excluding carboxylic acids is 1. The molecule has 0 aliphatic heterocycles. The van der Waals surface area contributed by atoms with Crippen molar-refractivity contribution >= 4 is 23.9 Å². The van der Waals surface area contributed by atoms with E-state index >= 15 is 0 Å². The number of aromatic nitrogens is 4. The van der Waals surface area contributed by atoms with Crippen LogP contribution in [0.4, 0.5) is 0 Å². The van der Waals surface area contributed by atoms with Gasteiger partial charge in [-0.1, -0.05) is 11.8 Å². The number of hydrogen-bond donors (Lipinski definition) is 4. The normalized spacial score (nSPS) is 10.9. The first-order valence-corrected chi connectivity index (χ1v) is 7.66. The van der Waals surface area contributed by atoms with Crippen LogP contribution < -0.4 is 16.7 Å². The number of aromatic amines is 2. The van der Waals surface area contributed by atoms with E-state index in [0.717, 1.165) is 29.4 Å². The maximum Gasteiger partial charge on any atom is 0.328 e. The zero-order chi connectivity index (χ0) is 17.7. The second kappa shape index (κ2) is 7.55. The maximum atomic E-state index is 11.7. The molecule has 2 heterocycles. The van der Waals surface area contributed by atoms with Gasteiger partial charge in [0, 0.05) is 11.4 Å². The lowest BCUT2D eigenvalue weighted by atomic mass is 10.3. The predicted molar refractivity (Wildman–Crippen MR) is 87.3 cm³/mol. The van der Waals surface area contributed by atoms with Crippen LogP contribution in [0.2, 0.25) is 0 Å². The Kier molecular flexibility index (Phi) is 5.47. The summed E-state index contributed by atoms with van der Waals surface area (Å²) in [5.41, 5.74) is 1.85. The van der Waals surface area contributed by atoms with E-state index in [-0.39, 0.29) is 11.3 Å². The number of hydrazone groups is 1. The monoisotopic (exact) mass is 350 g/mol. The number of nitrogens with zero attached hydrogens (tertiary/aromatic N) is 3. The molecule has 0 fully saturated rings. The van der Waals surface area contributed by atoms with Crippen molar-refractivity contribution in [3.8, 4) is 5.88 Å². The van der Waals surface area contributed by atoms with E-state index in [2.05, 4.69) is 20.5 Å². The largest absolute Gasteiger partial charge is 0.494 e. The SMILES string of the molecule is Cc1cc(C)nc(SCC(=O)NN=Cc2c(O)[nH]c(=O)[nH]c2=O)n1. The summed E-state index contributed by atoms with van der Waals surface area (Å²) >= 11 is 1.14. The number of nitrogens with one attached hydrogen (secondary N) is 3. The second-order valence-corrected chi connectivity index (χ2v) is 5.63. The molecule has 24 heavy (non-hydrogen) atoms. The molecule has 10 nitrogen and oxygen atoms in total. The number of carbonyl (C=O) groups is 1. The summed E-state index contributed by atoms with van der Waals surface area (Å²) in [4.78, 5) is 46.3. The van der Waals surface area contributed by atoms with E-state index in [1.165, 1.54) is 0 Å². The molecule has 0 unspecified atom stereocenters. The van der Waals surface area contributed by atoms with E-state index in [4.69, 9.17) is 0 Å². The Balaban J connectivity index is 1.94. The molecular formula is C13H14N6O4S. The average Bonchev–Trinajstić information content (AvgIpc) is 2.47. The van der Waals surface area contributed by atoms with Gasteiger partial charge in [-0.05, 0) is 19.9 Å². The average molecular weight is 350 g/mol. The van der Waals surface area contributed by atoms with Crippen LogP contribution in [-0.2, 0) is 4.79 Å². The number of hydrogen-bond acceptors (Lipinski definition) is 8. The summed E-state index contributed by atoms with van der Waals surface area (Å²) in [6.07, 6.45) is 0.931. The lowest BCUT2D eigenvalue weighted by Crippen LogP contribution is -2.26. The van der Waals surface area contributed by atoms with Gasteiger partial charge in [-0.3, -0.25) is 19.6 Å². The first kappa shape index (κ1) is 17.4. The minimum absolute atomic E-state index is 0.0220. The number of aryl methyl sites for hydroxylation is 2. The van der Waals surface area contributed by atoms with E-state index in [1.54, 1.807) is 0 Å². The molecule has 0 saturated heterocycles. The number of aromatic hydroxyl groups is 1. The molecule has 2 aromatic rings. The fourth-order valence-electron chi connectivity index (χ4n) is 1.69. The van der Waals surface area contributed by atoms with Crippen LogP contribution in [0.15, 0.2) is 25.9 Å². The Morgan fingerprint density at radius 3 is 2.62 bits per heavy atom. The zero-order valence-electron chi connectivity index (χ0n) is 12.8. The number of H-pyrrole nitrogens is 2. The van der Waals surface area contributed by atoms with E-state index in [9.17, 15) is 19.5 Å². The number of thioether (sulfide) groups is 1. The minimum Gasteiger partial charge on any atom is -0.494 e. The van der Waals surface area contributed by atoms with Crippen LogP contribution in [0, 0.1) is 13.8 Å². The Bertz CT molecular complexity index is 884. The van der Waals surface area contributed by atoms with Crippen molar-refractivity contribution in [3.05, 3.63) is 43.9 Å². The van der Waals surface area contributed by atoms with Gasteiger partial charge in [0.15, 0.2) is 5.16 Å². The lowest BCUT2D eigenvalue weighted by Gasteiger charge is -2.02. The molecule has 0 spiro atoms. The molecule has 0 radical (unpaired) electrons. The van der Waals surface area contributed by atoms with Crippen LogP contribution in [0.1, 0.15) is 17.0 Å². The lowest BCUT2D eigenvalue weighted by molar-refractivity contribution is -0.118. The minimum atomic E-state index is -0.844. The summed E-state index contributed by atoms with van der Waals surface area (Å²) in [7, 11) is 0. The summed E-state index contributed by atoms with van der Waals surface area (Å²) < 4.78 is 0. The van der Waals surface area contributed by atoms with Crippen LogP contribution in [0.3, 0.4) is 0 Å². The van der Waals surface area contributed by atoms with Gasteiger partial charge in [-0.25, -0.2) is 20.2 Å². The topological polar surface area (TPSA) is 153 Å². The Hall–Kier alpha value is -2.95. The molecule has 0 aromatic carbocycles. The summed E-state index contributed by atoms with van der Waals surface area (Å²) in [6.45, 7) is 3.66. The third kappa shape index (κ3) is 4.78. The molecule has 2 rings (SSSR count). The van der Waals surface area contributed by atoms with Crippen molar-refractivity contribution < 1.29 is 9.90 Å². The van der Waals surface area contributed by atoms with Gasteiger partial charge in [0.25, 0.3) is 11.5 Å². The molecule has 2 aromatic heterocycles. The molecular weight excluding hydrogens is 336 g/mol. The Morgan fingerprint density at radius 2 is 2.00 bits per heavy atom. The second-order valence-electron chi connectivity index (χ2n) is 4.69. The summed E-state index contributed by atoms with van der Waals surface area (Å²) in [5.74, 6) is -1.06. The molecule has 1 amide bonds. The predicted octanol–water partition coefficient (Wildman–Crippen LogP) is -0.582. The van der Waals surface area contributed by atoms with Gasteiger partial charge >= 0.3 is 5.69 Å². The molecule has 0 aliphatic carbocycles. The van der Waals surface area contributed by atoms with E-state index < -0.39 is 23.0 Å². The first-order chi connectivity index (χ1) is 11.3. The third-order valence-electron chi connectivity index (χ3n) is 2.64. The molecule has 0 atom stereocenters. The van der Waals surface area contributed by atoms with Crippen molar-refractivity contribution in [1.29, 1.82) is 0 Å². The zero-order valence-corrected chi connectivity index (χ0v) is 13.6. The van der Waals surface area contributed by atoms with Crippen molar-refractivity contribution in [2.24, 2.45) is 5.10 Å². The van der Waals surface area contributed by atoms with Gasteiger partial charge in [-0.15, -0.1) is 0 Å². The molecule has 0 bridgehead atoms. The Morgan fingerprint density at radius 1 is 1.33 bits per heavy atom. The molecule has 4 N–H and O–H groups in total. The quantitative estimate of drug-likeness (QED) is 0.243. The van der Waals surface area contributed by atoms with E-state index in [0.29, 0.717) is 5.16 Å².